The van der Waals surface area contributed by atoms with Gasteiger partial charge in [-0.2, -0.15) is 0 Å². The van der Waals surface area contributed by atoms with Gasteiger partial charge in [-0.3, -0.25) is 4.79 Å². The Kier molecular flexibility index (Phi) is 5.35. The van der Waals surface area contributed by atoms with Crippen molar-refractivity contribution in [2.75, 3.05) is 6.54 Å². The summed E-state index contributed by atoms with van der Waals surface area (Å²) < 4.78 is 0. The Morgan fingerprint density at radius 3 is 2.10 bits per heavy atom. The number of hydrogen-bond acceptors (Lipinski definition) is 2. The van der Waals surface area contributed by atoms with E-state index in [0.29, 0.717) is 6.54 Å². The summed E-state index contributed by atoms with van der Waals surface area (Å²) in [4.78, 5) is 12.6. The van der Waals surface area contributed by atoms with E-state index in [2.05, 4.69) is 38.2 Å². The Balaban J connectivity index is 3.01. The van der Waals surface area contributed by atoms with Crippen LogP contribution in [0.2, 0.25) is 0 Å². The van der Waals surface area contributed by atoms with Gasteiger partial charge in [0, 0.05) is 11.6 Å². The molecule has 0 spiro atoms. The fraction of sp³-hybridized carbons (Fsp3) is 0.588. The maximum atomic E-state index is 12.6. The SMILES string of the molecule is Cc1cc(C)c(C(=O)NC(CCN)C(C)(C)C)c(C)c1. The van der Waals surface area contributed by atoms with Crippen LogP contribution in [-0.2, 0) is 0 Å². The molecule has 3 nitrogen and oxygen atoms in total. The lowest BCUT2D eigenvalue weighted by Crippen LogP contribution is -2.45. The van der Waals surface area contributed by atoms with Crippen molar-refractivity contribution < 1.29 is 4.79 Å². The van der Waals surface area contributed by atoms with E-state index in [4.69, 9.17) is 5.73 Å². The van der Waals surface area contributed by atoms with Gasteiger partial charge in [0.2, 0.25) is 0 Å². The number of nitrogens with one attached hydrogen (secondary N) is 1. The summed E-state index contributed by atoms with van der Waals surface area (Å²) in [6.45, 7) is 13.0. The predicted octanol–water partition coefficient (Wildman–Crippen LogP) is 3.11. The maximum absolute atomic E-state index is 12.6. The number of hydrogen-bond donors (Lipinski definition) is 2. The molecule has 1 aromatic rings. The zero-order chi connectivity index (χ0) is 15.5. The first-order valence-corrected chi connectivity index (χ1v) is 7.25. The fourth-order valence-electron chi connectivity index (χ4n) is 2.66. The number of amides is 1. The lowest BCUT2D eigenvalue weighted by atomic mass is 9.84. The second-order valence-electron chi connectivity index (χ2n) is 6.74. The average Bonchev–Trinajstić information content (AvgIpc) is 2.25. The molecule has 1 atom stereocenters. The molecule has 0 aliphatic carbocycles. The lowest BCUT2D eigenvalue weighted by Gasteiger charge is -2.31. The van der Waals surface area contributed by atoms with E-state index in [1.54, 1.807) is 0 Å². The van der Waals surface area contributed by atoms with Crippen LogP contribution in [0.4, 0.5) is 0 Å². The van der Waals surface area contributed by atoms with E-state index < -0.39 is 0 Å². The zero-order valence-electron chi connectivity index (χ0n) is 13.6. The van der Waals surface area contributed by atoms with Gasteiger partial charge in [0.25, 0.3) is 5.91 Å². The van der Waals surface area contributed by atoms with Gasteiger partial charge < -0.3 is 11.1 Å². The summed E-state index contributed by atoms with van der Waals surface area (Å²) in [6.07, 6.45) is 0.791. The largest absolute Gasteiger partial charge is 0.349 e. The molecule has 0 saturated carbocycles. The molecule has 0 heterocycles. The molecule has 0 bridgehead atoms. The molecule has 1 aromatic carbocycles. The summed E-state index contributed by atoms with van der Waals surface area (Å²) in [5, 5.41) is 3.16. The Morgan fingerprint density at radius 2 is 1.70 bits per heavy atom. The van der Waals surface area contributed by atoms with Crippen molar-refractivity contribution in [1.82, 2.24) is 5.32 Å². The molecule has 20 heavy (non-hydrogen) atoms. The minimum absolute atomic E-state index is 0.00152. The quantitative estimate of drug-likeness (QED) is 0.888. The van der Waals surface area contributed by atoms with E-state index in [9.17, 15) is 4.79 Å². The minimum Gasteiger partial charge on any atom is -0.349 e. The molecular formula is C17H28N2O. The van der Waals surface area contributed by atoms with Gasteiger partial charge >= 0.3 is 0 Å². The Labute approximate surface area is 122 Å². The first kappa shape index (κ1) is 16.7. The van der Waals surface area contributed by atoms with Crippen molar-refractivity contribution in [2.45, 2.75) is 54.0 Å². The molecule has 1 unspecified atom stereocenters. The Morgan fingerprint density at radius 1 is 1.20 bits per heavy atom. The topological polar surface area (TPSA) is 55.1 Å². The third kappa shape index (κ3) is 4.07. The van der Waals surface area contributed by atoms with E-state index >= 15 is 0 Å². The second kappa shape index (κ2) is 6.40. The highest BCUT2D eigenvalue weighted by molar-refractivity contribution is 5.97. The van der Waals surface area contributed by atoms with Gasteiger partial charge in [-0.1, -0.05) is 38.5 Å². The third-order valence-corrected chi connectivity index (χ3v) is 3.71. The number of rotatable bonds is 4. The van der Waals surface area contributed by atoms with Crippen LogP contribution in [0, 0.1) is 26.2 Å². The highest BCUT2D eigenvalue weighted by atomic mass is 16.1. The molecule has 0 aliphatic rings. The highest BCUT2D eigenvalue weighted by Gasteiger charge is 2.26. The highest BCUT2D eigenvalue weighted by Crippen LogP contribution is 2.23. The molecule has 3 heteroatoms. The van der Waals surface area contributed by atoms with Crippen molar-refractivity contribution in [3.63, 3.8) is 0 Å². The molecule has 1 amide bonds. The molecule has 0 saturated heterocycles. The zero-order valence-corrected chi connectivity index (χ0v) is 13.6. The van der Waals surface area contributed by atoms with E-state index in [-0.39, 0.29) is 17.4 Å². The summed E-state index contributed by atoms with van der Waals surface area (Å²) in [5.41, 5.74) is 9.71. The number of carbonyl (C=O) groups is 1. The summed E-state index contributed by atoms with van der Waals surface area (Å²) >= 11 is 0. The first-order chi connectivity index (χ1) is 9.16. The van der Waals surface area contributed by atoms with E-state index in [0.717, 1.165) is 23.1 Å². The van der Waals surface area contributed by atoms with Crippen LogP contribution in [0.3, 0.4) is 0 Å². The smallest absolute Gasteiger partial charge is 0.252 e. The summed E-state index contributed by atoms with van der Waals surface area (Å²) in [7, 11) is 0. The van der Waals surface area contributed by atoms with Crippen LogP contribution in [0.5, 0.6) is 0 Å². The predicted molar refractivity (Wildman–Crippen MR) is 85.0 cm³/mol. The van der Waals surface area contributed by atoms with Crippen LogP contribution < -0.4 is 11.1 Å². The van der Waals surface area contributed by atoms with Crippen LogP contribution in [0.15, 0.2) is 12.1 Å². The molecule has 0 aromatic heterocycles. The number of carbonyl (C=O) groups excluding carboxylic acids is 1. The van der Waals surface area contributed by atoms with Crippen LogP contribution >= 0.6 is 0 Å². The summed E-state index contributed by atoms with van der Waals surface area (Å²) in [5.74, 6) is 0.00775. The van der Waals surface area contributed by atoms with Gasteiger partial charge in [-0.15, -0.1) is 0 Å². The molecule has 0 fully saturated rings. The summed E-state index contributed by atoms with van der Waals surface area (Å²) in [6, 6.07) is 4.19. The van der Waals surface area contributed by atoms with Crippen LogP contribution in [0.1, 0.15) is 54.2 Å². The van der Waals surface area contributed by atoms with Gasteiger partial charge in [-0.05, 0) is 50.3 Å². The van der Waals surface area contributed by atoms with Crippen LogP contribution in [0.25, 0.3) is 0 Å². The van der Waals surface area contributed by atoms with Crippen molar-refractivity contribution >= 4 is 5.91 Å². The molecular weight excluding hydrogens is 248 g/mol. The second-order valence-corrected chi connectivity index (χ2v) is 6.74. The minimum atomic E-state index is 0.00152. The molecule has 1 rings (SSSR count). The van der Waals surface area contributed by atoms with Gasteiger partial charge in [0.1, 0.15) is 0 Å². The van der Waals surface area contributed by atoms with Gasteiger partial charge in [0.15, 0.2) is 0 Å². The van der Waals surface area contributed by atoms with Crippen molar-refractivity contribution in [1.29, 1.82) is 0 Å². The van der Waals surface area contributed by atoms with Crippen molar-refractivity contribution in [3.05, 3.63) is 34.4 Å². The molecule has 112 valence electrons. The molecule has 3 N–H and O–H groups in total. The van der Waals surface area contributed by atoms with Crippen LogP contribution in [-0.4, -0.2) is 18.5 Å². The standard InChI is InChI=1S/C17H28N2O/c1-11-9-12(2)15(13(3)10-11)16(20)19-14(7-8-18)17(4,5)6/h9-10,14H,7-8,18H2,1-6H3,(H,19,20). The maximum Gasteiger partial charge on any atom is 0.252 e. The van der Waals surface area contributed by atoms with Crippen molar-refractivity contribution in [2.24, 2.45) is 11.1 Å². The average molecular weight is 276 g/mol. The molecule has 0 radical (unpaired) electrons. The van der Waals surface area contributed by atoms with Gasteiger partial charge in [0.05, 0.1) is 0 Å². The first-order valence-electron chi connectivity index (χ1n) is 7.25. The lowest BCUT2D eigenvalue weighted by molar-refractivity contribution is 0.0897. The number of aryl methyl sites for hydroxylation is 3. The monoisotopic (exact) mass is 276 g/mol. The normalized spacial score (nSPS) is 13.2. The third-order valence-electron chi connectivity index (χ3n) is 3.71. The fourth-order valence-corrected chi connectivity index (χ4v) is 2.66. The Bertz CT molecular complexity index is 463. The van der Waals surface area contributed by atoms with E-state index in [1.807, 2.05) is 20.8 Å². The number of nitrogens with two attached hydrogens (primary N) is 1. The van der Waals surface area contributed by atoms with Crippen molar-refractivity contribution in [3.8, 4) is 0 Å². The van der Waals surface area contributed by atoms with E-state index in [1.165, 1.54) is 5.56 Å². The molecule has 0 aliphatic heterocycles. The van der Waals surface area contributed by atoms with Gasteiger partial charge in [-0.25, -0.2) is 0 Å². The number of benzene rings is 1. The Hall–Kier alpha value is -1.35.